The van der Waals surface area contributed by atoms with Gasteiger partial charge >= 0.3 is 0 Å². The van der Waals surface area contributed by atoms with E-state index in [0.717, 1.165) is 10.8 Å². The summed E-state index contributed by atoms with van der Waals surface area (Å²) < 4.78 is 0. The topological polar surface area (TPSA) is 16.1 Å². The van der Waals surface area contributed by atoms with Crippen LogP contribution in [0.25, 0.3) is 0 Å². The first-order valence-corrected chi connectivity index (χ1v) is 5.00. The molecule has 2 nitrogen and oxygen atoms in total. The van der Waals surface area contributed by atoms with E-state index in [1.54, 1.807) is 6.20 Å². The molecule has 1 aliphatic rings. The molecule has 1 aliphatic carbocycles. The van der Waals surface area contributed by atoms with E-state index in [0.29, 0.717) is 6.04 Å². The van der Waals surface area contributed by atoms with Crippen LogP contribution < -0.4 is 4.90 Å². The van der Waals surface area contributed by atoms with Crippen LogP contribution in [0, 0.1) is 0 Å². The van der Waals surface area contributed by atoms with Crippen LogP contribution in [0.15, 0.2) is 18.3 Å². The first-order valence-electron chi connectivity index (χ1n) is 4.62. The monoisotopic (exact) mass is 196 g/mol. The number of hydrogen-bond acceptors (Lipinski definition) is 2. The normalized spacial score (nSPS) is 16.8. The highest BCUT2D eigenvalue weighted by Gasteiger charge is 2.23. The molecule has 0 aliphatic heterocycles. The van der Waals surface area contributed by atoms with Gasteiger partial charge in [0.15, 0.2) is 0 Å². The zero-order chi connectivity index (χ0) is 9.26. The molecule has 0 saturated heterocycles. The van der Waals surface area contributed by atoms with Gasteiger partial charge in [0.1, 0.15) is 5.82 Å². The molecule has 0 radical (unpaired) electrons. The minimum absolute atomic E-state index is 0.646. The predicted octanol–water partition coefficient (Wildman–Crippen LogP) is 2.72. The SMILES string of the molecule is CN(c1ncccc1Cl)C1CCC1. The van der Waals surface area contributed by atoms with E-state index in [1.807, 2.05) is 12.1 Å². The fourth-order valence-electron chi connectivity index (χ4n) is 1.58. The standard InChI is InChI=1S/C10H13ClN2/c1-13(8-4-2-5-8)10-9(11)6-3-7-12-10/h3,6-8H,2,4-5H2,1H3. The molecule has 0 aromatic carbocycles. The highest BCUT2D eigenvalue weighted by atomic mass is 35.5. The van der Waals surface area contributed by atoms with E-state index in [-0.39, 0.29) is 0 Å². The Kier molecular flexibility index (Phi) is 2.40. The van der Waals surface area contributed by atoms with Crippen molar-refractivity contribution in [3.63, 3.8) is 0 Å². The molecule has 1 aromatic rings. The maximum atomic E-state index is 6.04. The lowest BCUT2D eigenvalue weighted by atomic mass is 9.92. The third-order valence-corrected chi connectivity index (χ3v) is 2.99. The summed E-state index contributed by atoms with van der Waals surface area (Å²) in [7, 11) is 2.07. The summed E-state index contributed by atoms with van der Waals surface area (Å²) in [6.45, 7) is 0. The summed E-state index contributed by atoms with van der Waals surface area (Å²) in [6.07, 6.45) is 5.66. The Bertz CT molecular complexity index is 297. The van der Waals surface area contributed by atoms with Gasteiger partial charge in [0.2, 0.25) is 0 Å². The molecule has 0 atom stereocenters. The van der Waals surface area contributed by atoms with Crippen LogP contribution in [0.1, 0.15) is 19.3 Å². The van der Waals surface area contributed by atoms with E-state index in [2.05, 4.69) is 16.9 Å². The van der Waals surface area contributed by atoms with E-state index in [4.69, 9.17) is 11.6 Å². The summed E-state index contributed by atoms with van der Waals surface area (Å²) in [5.74, 6) is 0.911. The number of rotatable bonds is 2. The molecule has 1 saturated carbocycles. The van der Waals surface area contributed by atoms with E-state index >= 15 is 0 Å². The number of aromatic nitrogens is 1. The third-order valence-electron chi connectivity index (χ3n) is 2.70. The van der Waals surface area contributed by atoms with Gasteiger partial charge < -0.3 is 4.90 Å². The van der Waals surface area contributed by atoms with Crippen molar-refractivity contribution in [3.8, 4) is 0 Å². The second-order valence-electron chi connectivity index (χ2n) is 3.50. The lowest BCUT2D eigenvalue weighted by Crippen LogP contribution is -2.37. The molecule has 70 valence electrons. The zero-order valence-corrected chi connectivity index (χ0v) is 8.46. The molecule has 13 heavy (non-hydrogen) atoms. The summed E-state index contributed by atoms with van der Waals surface area (Å²) in [4.78, 5) is 6.46. The molecule has 3 heteroatoms. The summed E-state index contributed by atoms with van der Waals surface area (Å²) in [5, 5.41) is 0.747. The van der Waals surface area contributed by atoms with Gasteiger partial charge in [-0.2, -0.15) is 0 Å². The Hall–Kier alpha value is -0.760. The van der Waals surface area contributed by atoms with E-state index in [9.17, 15) is 0 Å². The average molecular weight is 197 g/mol. The van der Waals surface area contributed by atoms with Gasteiger partial charge in [-0.15, -0.1) is 0 Å². The maximum absolute atomic E-state index is 6.04. The minimum atomic E-state index is 0.646. The number of nitrogens with zero attached hydrogens (tertiary/aromatic N) is 2. The molecule has 1 heterocycles. The van der Waals surface area contributed by atoms with Crippen LogP contribution in [-0.4, -0.2) is 18.1 Å². The van der Waals surface area contributed by atoms with Crippen LogP contribution in [0.4, 0.5) is 5.82 Å². The zero-order valence-electron chi connectivity index (χ0n) is 7.70. The molecule has 0 bridgehead atoms. The van der Waals surface area contributed by atoms with Gasteiger partial charge in [-0.1, -0.05) is 11.6 Å². The summed E-state index contributed by atoms with van der Waals surface area (Å²) in [6, 6.07) is 4.40. The number of hydrogen-bond donors (Lipinski definition) is 0. The van der Waals surface area contributed by atoms with Crippen molar-refractivity contribution in [1.29, 1.82) is 0 Å². The van der Waals surface area contributed by atoms with Crippen molar-refractivity contribution in [3.05, 3.63) is 23.4 Å². The Balaban J connectivity index is 2.18. The summed E-state index contributed by atoms with van der Waals surface area (Å²) in [5.41, 5.74) is 0. The number of anilines is 1. The van der Waals surface area contributed by atoms with Crippen molar-refractivity contribution >= 4 is 17.4 Å². The largest absolute Gasteiger partial charge is 0.355 e. The Morgan fingerprint density at radius 3 is 2.85 bits per heavy atom. The van der Waals surface area contributed by atoms with E-state index in [1.165, 1.54) is 19.3 Å². The molecule has 0 N–H and O–H groups in total. The van der Waals surface area contributed by atoms with Crippen LogP contribution in [0.2, 0.25) is 5.02 Å². The molecule has 2 rings (SSSR count). The van der Waals surface area contributed by atoms with Gasteiger partial charge in [0.05, 0.1) is 5.02 Å². The fraction of sp³-hybridized carbons (Fsp3) is 0.500. The van der Waals surface area contributed by atoms with Crippen molar-refractivity contribution < 1.29 is 0 Å². The Morgan fingerprint density at radius 2 is 2.31 bits per heavy atom. The lowest BCUT2D eigenvalue weighted by Gasteiger charge is -2.35. The van der Waals surface area contributed by atoms with Crippen molar-refractivity contribution in [2.75, 3.05) is 11.9 Å². The van der Waals surface area contributed by atoms with E-state index < -0.39 is 0 Å². The van der Waals surface area contributed by atoms with Crippen molar-refractivity contribution in [1.82, 2.24) is 4.98 Å². The highest BCUT2D eigenvalue weighted by molar-refractivity contribution is 6.32. The molecule has 1 aromatic heterocycles. The molecule has 0 amide bonds. The fourth-order valence-corrected chi connectivity index (χ4v) is 1.84. The molecule has 0 unspecified atom stereocenters. The van der Waals surface area contributed by atoms with Crippen LogP contribution >= 0.6 is 11.6 Å². The van der Waals surface area contributed by atoms with Gasteiger partial charge in [0.25, 0.3) is 0 Å². The highest BCUT2D eigenvalue weighted by Crippen LogP contribution is 2.30. The van der Waals surface area contributed by atoms with Crippen LogP contribution in [0.3, 0.4) is 0 Å². The number of halogens is 1. The molecular formula is C10H13ClN2. The summed E-state index contributed by atoms with van der Waals surface area (Å²) >= 11 is 6.04. The Morgan fingerprint density at radius 1 is 1.54 bits per heavy atom. The average Bonchev–Trinajstić information content (AvgIpc) is 2.01. The van der Waals surface area contributed by atoms with Gasteiger partial charge in [-0.25, -0.2) is 4.98 Å². The molecule has 1 fully saturated rings. The smallest absolute Gasteiger partial charge is 0.147 e. The van der Waals surface area contributed by atoms with Gasteiger partial charge in [0, 0.05) is 19.3 Å². The minimum Gasteiger partial charge on any atom is -0.355 e. The predicted molar refractivity (Wildman–Crippen MR) is 55.3 cm³/mol. The van der Waals surface area contributed by atoms with Crippen LogP contribution in [-0.2, 0) is 0 Å². The second kappa shape index (κ2) is 3.54. The maximum Gasteiger partial charge on any atom is 0.147 e. The first kappa shape index (κ1) is 8.82. The van der Waals surface area contributed by atoms with Gasteiger partial charge in [-0.3, -0.25) is 0 Å². The lowest BCUT2D eigenvalue weighted by molar-refractivity contribution is 0.399. The molecular weight excluding hydrogens is 184 g/mol. The second-order valence-corrected chi connectivity index (χ2v) is 3.91. The Labute approximate surface area is 83.5 Å². The first-order chi connectivity index (χ1) is 6.29. The number of pyridine rings is 1. The molecule has 0 spiro atoms. The van der Waals surface area contributed by atoms with Crippen molar-refractivity contribution in [2.24, 2.45) is 0 Å². The van der Waals surface area contributed by atoms with Gasteiger partial charge in [-0.05, 0) is 31.4 Å². The quantitative estimate of drug-likeness (QED) is 0.723. The third kappa shape index (κ3) is 1.63. The van der Waals surface area contributed by atoms with Crippen LogP contribution in [0.5, 0.6) is 0 Å². The van der Waals surface area contributed by atoms with Crippen molar-refractivity contribution in [2.45, 2.75) is 25.3 Å².